The molecule has 1 atom stereocenters. The summed E-state index contributed by atoms with van der Waals surface area (Å²) in [7, 11) is 1.68. The number of ether oxygens (including phenoxy) is 1. The van der Waals surface area contributed by atoms with Crippen LogP contribution in [0.4, 0.5) is 5.82 Å². The van der Waals surface area contributed by atoms with E-state index in [1.165, 1.54) is 5.56 Å². The zero-order valence-corrected chi connectivity index (χ0v) is 14.2. The highest BCUT2D eigenvalue weighted by Gasteiger charge is 2.24. The maximum absolute atomic E-state index is 11.8. The standard InChI is InChI=1S/C19H23N3O2/c1-3-20-19(23)15-6-9-18(21-12-15)22-11-10-16(13-22)14-4-7-17(24-2)8-5-14/h4-9,12,16H,3,10-11,13H2,1-2H3,(H,20,23). The molecule has 0 radical (unpaired) electrons. The van der Waals surface area contributed by atoms with E-state index in [0.717, 1.165) is 31.1 Å². The molecule has 1 saturated heterocycles. The molecular formula is C19H23N3O2. The Balaban J connectivity index is 1.65. The normalized spacial score (nSPS) is 16.9. The number of hydrogen-bond acceptors (Lipinski definition) is 4. The highest BCUT2D eigenvalue weighted by atomic mass is 16.5. The quantitative estimate of drug-likeness (QED) is 0.918. The molecule has 1 aromatic heterocycles. The fourth-order valence-electron chi connectivity index (χ4n) is 3.09. The molecule has 2 aromatic rings. The van der Waals surface area contributed by atoms with Crippen molar-refractivity contribution in [2.24, 2.45) is 0 Å². The van der Waals surface area contributed by atoms with Gasteiger partial charge in [-0.3, -0.25) is 4.79 Å². The van der Waals surface area contributed by atoms with E-state index >= 15 is 0 Å². The van der Waals surface area contributed by atoms with E-state index in [0.29, 0.717) is 18.0 Å². The Morgan fingerprint density at radius 1 is 1.29 bits per heavy atom. The van der Waals surface area contributed by atoms with Crippen molar-refractivity contribution < 1.29 is 9.53 Å². The average Bonchev–Trinajstić information content (AvgIpc) is 3.12. The maximum atomic E-state index is 11.8. The molecule has 1 N–H and O–H groups in total. The van der Waals surface area contributed by atoms with Gasteiger partial charge in [0.1, 0.15) is 11.6 Å². The maximum Gasteiger partial charge on any atom is 0.252 e. The van der Waals surface area contributed by atoms with Gasteiger partial charge in [0.25, 0.3) is 5.91 Å². The molecule has 5 heteroatoms. The molecule has 5 nitrogen and oxygen atoms in total. The van der Waals surface area contributed by atoms with Crippen LogP contribution < -0.4 is 15.0 Å². The van der Waals surface area contributed by atoms with Crippen molar-refractivity contribution in [3.63, 3.8) is 0 Å². The Morgan fingerprint density at radius 2 is 2.08 bits per heavy atom. The molecule has 0 bridgehead atoms. The summed E-state index contributed by atoms with van der Waals surface area (Å²) in [5.41, 5.74) is 1.93. The summed E-state index contributed by atoms with van der Waals surface area (Å²) in [5.74, 6) is 2.24. The Labute approximate surface area is 142 Å². The van der Waals surface area contributed by atoms with E-state index in [-0.39, 0.29) is 5.91 Å². The largest absolute Gasteiger partial charge is 0.497 e. The van der Waals surface area contributed by atoms with E-state index in [4.69, 9.17) is 4.74 Å². The molecule has 24 heavy (non-hydrogen) atoms. The van der Waals surface area contributed by atoms with E-state index in [9.17, 15) is 4.79 Å². The molecule has 0 spiro atoms. The first-order chi connectivity index (χ1) is 11.7. The van der Waals surface area contributed by atoms with Gasteiger partial charge in [-0.2, -0.15) is 0 Å². The van der Waals surface area contributed by atoms with Gasteiger partial charge < -0.3 is 15.0 Å². The molecule has 1 fully saturated rings. The first kappa shape index (κ1) is 16.3. The lowest BCUT2D eigenvalue weighted by Crippen LogP contribution is -2.24. The van der Waals surface area contributed by atoms with Gasteiger partial charge in [-0.05, 0) is 43.2 Å². The number of nitrogens with one attached hydrogen (secondary N) is 1. The summed E-state index contributed by atoms with van der Waals surface area (Å²) in [6.45, 7) is 4.45. The third-order valence-corrected chi connectivity index (χ3v) is 4.45. The minimum Gasteiger partial charge on any atom is -0.497 e. The molecule has 3 rings (SSSR count). The molecule has 126 valence electrons. The Hall–Kier alpha value is -2.56. The molecule has 1 unspecified atom stereocenters. The van der Waals surface area contributed by atoms with Gasteiger partial charge >= 0.3 is 0 Å². The molecule has 1 aliphatic rings. The number of pyridine rings is 1. The van der Waals surface area contributed by atoms with Crippen LogP contribution in [0.3, 0.4) is 0 Å². The molecule has 1 aliphatic heterocycles. The van der Waals surface area contributed by atoms with Crippen molar-refractivity contribution in [1.29, 1.82) is 0 Å². The zero-order chi connectivity index (χ0) is 16.9. The number of amides is 1. The summed E-state index contributed by atoms with van der Waals surface area (Å²) in [6.07, 6.45) is 2.76. The first-order valence-electron chi connectivity index (χ1n) is 8.34. The zero-order valence-electron chi connectivity index (χ0n) is 14.2. The predicted molar refractivity (Wildman–Crippen MR) is 94.8 cm³/mol. The van der Waals surface area contributed by atoms with Crippen molar-refractivity contribution in [1.82, 2.24) is 10.3 Å². The minimum absolute atomic E-state index is 0.0749. The number of rotatable bonds is 5. The molecule has 0 aliphatic carbocycles. The number of hydrogen-bond donors (Lipinski definition) is 1. The molecule has 1 aromatic carbocycles. The van der Waals surface area contributed by atoms with Crippen LogP contribution in [0, 0.1) is 0 Å². The fraction of sp³-hybridized carbons (Fsp3) is 0.368. The van der Waals surface area contributed by atoms with Crippen molar-refractivity contribution in [3.8, 4) is 5.75 Å². The Bertz CT molecular complexity index is 683. The van der Waals surface area contributed by atoms with E-state index < -0.39 is 0 Å². The van der Waals surface area contributed by atoms with Crippen molar-refractivity contribution in [3.05, 3.63) is 53.7 Å². The number of carbonyl (C=O) groups is 1. The van der Waals surface area contributed by atoms with Crippen LogP contribution in [0.1, 0.15) is 35.2 Å². The third-order valence-electron chi connectivity index (χ3n) is 4.45. The van der Waals surface area contributed by atoms with Crippen molar-refractivity contribution in [2.45, 2.75) is 19.3 Å². The monoisotopic (exact) mass is 325 g/mol. The van der Waals surface area contributed by atoms with Crippen LogP contribution in [-0.2, 0) is 0 Å². The Morgan fingerprint density at radius 3 is 2.71 bits per heavy atom. The van der Waals surface area contributed by atoms with Gasteiger partial charge in [0.05, 0.1) is 12.7 Å². The fourth-order valence-corrected chi connectivity index (χ4v) is 3.09. The van der Waals surface area contributed by atoms with Crippen LogP contribution in [0.25, 0.3) is 0 Å². The van der Waals surface area contributed by atoms with Gasteiger partial charge in [0.15, 0.2) is 0 Å². The highest BCUT2D eigenvalue weighted by molar-refractivity contribution is 5.94. The Kier molecular flexibility index (Phi) is 4.99. The summed E-state index contributed by atoms with van der Waals surface area (Å²) in [4.78, 5) is 18.5. The molecular weight excluding hydrogens is 302 g/mol. The second-order valence-corrected chi connectivity index (χ2v) is 5.97. The second-order valence-electron chi connectivity index (χ2n) is 5.97. The van der Waals surface area contributed by atoms with Crippen LogP contribution >= 0.6 is 0 Å². The van der Waals surface area contributed by atoms with E-state index in [2.05, 4.69) is 27.3 Å². The summed E-state index contributed by atoms with van der Waals surface area (Å²) in [5, 5.41) is 2.79. The van der Waals surface area contributed by atoms with Crippen molar-refractivity contribution >= 4 is 11.7 Å². The first-order valence-corrected chi connectivity index (χ1v) is 8.34. The van der Waals surface area contributed by atoms with Crippen molar-refractivity contribution in [2.75, 3.05) is 31.6 Å². The average molecular weight is 325 g/mol. The summed E-state index contributed by atoms with van der Waals surface area (Å²) < 4.78 is 5.22. The van der Waals surface area contributed by atoms with E-state index in [1.54, 1.807) is 13.3 Å². The van der Waals surface area contributed by atoms with Gasteiger partial charge in [-0.1, -0.05) is 12.1 Å². The SMILES string of the molecule is CCNC(=O)c1ccc(N2CCC(c3ccc(OC)cc3)C2)nc1. The van der Waals surface area contributed by atoms with Gasteiger partial charge in [-0.15, -0.1) is 0 Å². The summed E-state index contributed by atoms with van der Waals surface area (Å²) >= 11 is 0. The lowest BCUT2D eigenvalue weighted by Gasteiger charge is -2.18. The number of nitrogens with zero attached hydrogens (tertiary/aromatic N) is 2. The van der Waals surface area contributed by atoms with Crippen LogP contribution in [-0.4, -0.2) is 37.6 Å². The van der Waals surface area contributed by atoms with Crippen LogP contribution in [0.15, 0.2) is 42.6 Å². The minimum atomic E-state index is -0.0749. The lowest BCUT2D eigenvalue weighted by atomic mass is 9.98. The summed E-state index contributed by atoms with van der Waals surface area (Å²) in [6, 6.07) is 12.1. The van der Waals surface area contributed by atoms with Gasteiger partial charge in [0.2, 0.25) is 0 Å². The molecule has 1 amide bonds. The number of anilines is 1. The van der Waals surface area contributed by atoms with Crippen LogP contribution in [0.2, 0.25) is 0 Å². The molecule has 0 saturated carbocycles. The topological polar surface area (TPSA) is 54.5 Å². The number of benzene rings is 1. The number of carbonyl (C=O) groups excluding carboxylic acids is 1. The third kappa shape index (κ3) is 3.50. The predicted octanol–water partition coefficient (Wildman–Crippen LogP) is 2.83. The molecule has 2 heterocycles. The second kappa shape index (κ2) is 7.34. The van der Waals surface area contributed by atoms with Gasteiger partial charge in [0, 0.05) is 31.7 Å². The lowest BCUT2D eigenvalue weighted by molar-refractivity contribution is 0.0955. The van der Waals surface area contributed by atoms with Gasteiger partial charge in [-0.25, -0.2) is 4.98 Å². The number of methoxy groups -OCH3 is 1. The van der Waals surface area contributed by atoms with Crippen LogP contribution in [0.5, 0.6) is 5.75 Å². The smallest absolute Gasteiger partial charge is 0.252 e. The highest BCUT2D eigenvalue weighted by Crippen LogP contribution is 2.30. The number of aromatic nitrogens is 1. The van der Waals surface area contributed by atoms with E-state index in [1.807, 2.05) is 31.2 Å².